The van der Waals surface area contributed by atoms with Gasteiger partial charge in [0.25, 0.3) is 0 Å². The smallest absolute Gasteiger partial charge is 0.118 e. The molecular formula is C15H28N2O. The summed E-state index contributed by atoms with van der Waals surface area (Å²) in [6.45, 7) is 12.8. The van der Waals surface area contributed by atoms with E-state index in [1.807, 2.05) is 6.26 Å². The normalized spacial score (nSPS) is 12.0. The fraction of sp³-hybridized carbons (Fsp3) is 0.733. The highest BCUT2D eigenvalue weighted by molar-refractivity contribution is 5.12. The zero-order valence-electron chi connectivity index (χ0n) is 12.5. The summed E-state index contributed by atoms with van der Waals surface area (Å²) in [6.07, 6.45) is 1.87. The largest absolute Gasteiger partial charge is 0.468 e. The van der Waals surface area contributed by atoms with Crippen LogP contribution in [0.5, 0.6) is 0 Å². The summed E-state index contributed by atoms with van der Waals surface area (Å²) < 4.78 is 5.59. The van der Waals surface area contributed by atoms with E-state index in [9.17, 15) is 0 Å². The molecule has 0 saturated heterocycles. The molecule has 0 fully saturated rings. The van der Waals surface area contributed by atoms with Crippen LogP contribution >= 0.6 is 0 Å². The third kappa shape index (κ3) is 6.22. The van der Waals surface area contributed by atoms with Gasteiger partial charge in [-0.15, -0.1) is 0 Å². The molecular weight excluding hydrogens is 224 g/mol. The molecule has 0 aliphatic heterocycles. The van der Waals surface area contributed by atoms with Gasteiger partial charge in [-0.25, -0.2) is 0 Å². The third-order valence-corrected chi connectivity index (χ3v) is 2.69. The second-order valence-electron chi connectivity index (χ2n) is 6.04. The van der Waals surface area contributed by atoms with E-state index >= 15 is 0 Å². The van der Waals surface area contributed by atoms with E-state index in [4.69, 9.17) is 4.42 Å². The minimum absolute atomic E-state index is 0.688. The van der Waals surface area contributed by atoms with E-state index in [0.717, 1.165) is 31.9 Å². The lowest BCUT2D eigenvalue weighted by atomic mass is 10.2. The molecule has 0 atom stereocenters. The molecule has 0 amide bonds. The van der Waals surface area contributed by atoms with Gasteiger partial charge in [0.1, 0.15) is 5.76 Å². The number of furan rings is 1. The predicted octanol–water partition coefficient (Wildman–Crippen LogP) is 3.11. The van der Waals surface area contributed by atoms with Gasteiger partial charge < -0.3 is 9.73 Å². The van der Waals surface area contributed by atoms with Crippen LogP contribution in [0.4, 0.5) is 0 Å². The Kier molecular flexibility index (Phi) is 6.44. The maximum absolute atomic E-state index is 5.59. The first-order valence-corrected chi connectivity index (χ1v) is 6.93. The fourth-order valence-corrected chi connectivity index (χ4v) is 2.06. The number of hydrogen-bond donors (Lipinski definition) is 1. The summed E-state index contributed by atoms with van der Waals surface area (Å²) in [4.78, 5) is 2.30. The number of rotatable bonds is 8. The summed E-state index contributed by atoms with van der Waals surface area (Å²) >= 11 is 0. The van der Waals surface area contributed by atoms with Crippen molar-refractivity contribution >= 4 is 0 Å². The lowest BCUT2D eigenvalue weighted by molar-refractivity contribution is 0.265. The standard InChI is InChI=1S/C15H28N2O/c1-12(2)7-16-8-14-6-15(18-11-14)10-17(5)9-13(3)4/h6,11-13,16H,7-10H2,1-5H3. The van der Waals surface area contributed by atoms with Crippen LogP contribution in [0.3, 0.4) is 0 Å². The van der Waals surface area contributed by atoms with Crippen LogP contribution < -0.4 is 5.32 Å². The Morgan fingerprint density at radius 3 is 2.56 bits per heavy atom. The van der Waals surface area contributed by atoms with Crippen LogP contribution in [-0.2, 0) is 13.1 Å². The Hall–Kier alpha value is -0.800. The summed E-state index contributed by atoms with van der Waals surface area (Å²) in [7, 11) is 2.14. The molecule has 1 N–H and O–H groups in total. The number of nitrogens with zero attached hydrogens (tertiary/aromatic N) is 1. The summed E-state index contributed by atoms with van der Waals surface area (Å²) in [6, 6.07) is 2.16. The van der Waals surface area contributed by atoms with E-state index in [-0.39, 0.29) is 0 Å². The Morgan fingerprint density at radius 2 is 1.94 bits per heavy atom. The van der Waals surface area contributed by atoms with E-state index in [1.165, 1.54) is 5.56 Å². The molecule has 1 aromatic rings. The first-order chi connectivity index (χ1) is 8.47. The second kappa shape index (κ2) is 7.59. The molecule has 1 rings (SSSR count). The van der Waals surface area contributed by atoms with Crippen molar-refractivity contribution in [3.8, 4) is 0 Å². The van der Waals surface area contributed by atoms with Crippen LogP contribution in [0.1, 0.15) is 39.0 Å². The van der Waals surface area contributed by atoms with Gasteiger partial charge in [0.15, 0.2) is 0 Å². The van der Waals surface area contributed by atoms with Crippen LogP contribution in [-0.4, -0.2) is 25.0 Å². The van der Waals surface area contributed by atoms with Crippen molar-refractivity contribution in [3.05, 3.63) is 23.7 Å². The summed E-state index contributed by atoms with van der Waals surface area (Å²) in [5.74, 6) is 2.44. The Morgan fingerprint density at radius 1 is 1.22 bits per heavy atom. The summed E-state index contributed by atoms with van der Waals surface area (Å²) in [5, 5.41) is 3.43. The van der Waals surface area contributed by atoms with Gasteiger partial charge in [-0.3, -0.25) is 4.90 Å². The van der Waals surface area contributed by atoms with Crippen molar-refractivity contribution in [1.82, 2.24) is 10.2 Å². The molecule has 1 heterocycles. The SMILES string of the molecule is CC(C)CNCc1coc(CN(C)CC(C)C)c1. The first-order valence-electron chi connectivity index (χ1n) is 6.93. The van der Waals surface area contributed by atoms with Crippen molar-refractivity contribution in [2.24, 2.45) is 11.8 Å². The highest BCUT2D eigenvalue weighted by atomic mass is 16.3. The average molecular weight is 252 g/mol. The van der Waals surface area contributed by atoms with Crippen LogP contribution in [0.2, 0.25) is 0 Å². The Labute approximate surface area is 112 Å². The zero-order chi connectivity index (χ0) is 13.5. The molecule has 0 radical (unpaired) electrons. The van der Waals surface area contributed by atoms with Gasteiger partial charge in [0.2, 0.25) is 0 Å². The molecule has 0 unspecified atom stereocenters. The quantitative estimate of drug-likeness (QED) is 0.770. The Bertz CT molecular complexity index is 331. The predicted molar refractivity (Wildman–Crippen MR) is 76.4 cm³/mol. The van der Waals surface area contributed by atoms with Crippen LogP contribution in [0.25, 0.3) is 0 Å². The molecule has 1 aromatic heterocycles. The molecule has 0 bridgehead atoms. The van der Waals surface area contributed by atoms with E-state index in [0.29, 0.717) is 11.8 Å². The van der Waals surface area contributed by atoms with Gasteiger partial charge in [-0.05, 0) is 31.5 Å². The summed E-state index contributed by atoms with van der Waals surface area (Å²) in [5.41, 5.74) is 1.24. The number of hydrogen-bond acceptors (Lipinski definition) is 3. The van der Waals surface area contributed by atoms with Gasteiger partial charge in [-0.2, -0.15) is 0 Å². The van der Waals surface area contributed by atoms with E-state index in [2.05, 4.69) is 51.0 Å². The first kappa shape index (κ1) is 15.3. The maximum Gasteiger partial charge on any atom is 0.118 e. The van der Waals surface area contributed by atoms with Crippen molar-refractivity contribution in [2.45, 2.75) is 40.8 Å². The molecule has 0 saturated carbocycles. The maximum atomic E-state index is 5.59. The molecule has 0 aliphatic carbocycles. The molecule has 3 nitrogen and oxygen atoms in total. The fourth-order valence-electron chi connectivity index (χ4n) is 2.06. The molecule has 0 aromatic carbocycles. The Balaban J connectivity index is 2.33. The third-order valence-electron chi connectivity index (χ3n) is 2.69. The van der Waals surface area contributed by atoms with Crippen molar-refractivity contribution in [1.29, 1.82) is 0 Å². The molecule has 0 spiro atoms. The monoisotopic (exact) mass is 252 g/mol. The number of nitrogens with one attached hydrogen (secondary N) is 1. The van der Waals surface area contributed by atoms with Crippen molar-refractivity contribution < 1.29 is 4.42 Å². The molecule has 3 heteroatoms. The molecule has 0 aliphatic rings. The van der Waals surface area contributed by atoms with Gasteiger partial charge in [0, 0.05) is 18.7 Å². The van der Waals surface area contributed by atoms with Crippen molar-refractivity contribution in [2.75, 3.05) is 20.1 Å². The minimum Gasteiger partial charge on any atom is -0.468 e. The average Bonchev–Trinajstić information content (AvgIpc) is 2.63. The van der Waals surface area contributed by atoms with Gasteiger partial charge in [-0.1, -0.05) is 27.7 Å². The highest BCUT2D eigenvalue weighted by Gasteiger charge is 2.07. The lowest BCUT2D eigenvalue weighted by Crippen LogP contribution is -2.22. The second-order valence-corrected chi connectivity index (χ2v) is 6.04. The van der Waals surface area contributed by atoms with Gasteiger partial charge >= 0.3 is 0 Å². The topological polar surface area (TPSA) is 28.4 Å². The van der Waals surface area contributed by atoms with Gasteiger partial charge in [0.05, 0.1) is 12.8 Å². The van der Waals surface area contributed by atoms with E-state index < -0.39 is 0 Å². The zero-order valence-corrected chi connectivity index (χ0v) is 12.5. The lowest BCUT2D eigenvalue weighted by Gasteiger charge is -2.17. The van der Waals surface area contributed by atoms with Crippen LogP contribution in [0, 0.1) is 11.8 Å². The highest BCUT2D eigenvalue weighted by Crippen LogP contribution is 2.11. The van der Waals surface area contributed by atoms with E-state index in [1.54, 1.807) is 0 Å². The van der Waals surface area contributed by atoms with Crippen LogP contribution in [0.15, 0.2) is 16.7 Å². The minimum atomic E-state index is 0.688. The van der Waals surface area contributed by atoms with Crippen molar-refractivity contribution in [3.63, 3.8) is 0 Å². The molecule has 104 valence electrons. The molecule has 18 heavy (non-hydrogen) atoms.